The molecule has 6 heteroatoms. The number of anilines is 3. The first-order valence-electron chi connectivity index (χ1n) is 8.80. The van der Waals surface area contributed by atoms with Crippen LogP contribution < -0.4 is 20.3 Å². The maximum absolute atomic E-state index is 12.9. The number of nitrogens with zero attached hydrogens (tertiary/aromatic N) is 1. The summed E-state index contributed by atoms with van der Waals surface area (Å²) in [5, 5.41) is 6.05. The van der Waals surface area contributed by atoms with Crippen LogP contribution in [0.5, 0.6) is 5.75 Å². The minimum atomic E-state index is -0.503. The van der Waals surface area contributed by atoms with Crippen LogP contribution in [0.3, 0.4) is 0 Å². The lowest BCUT2D eigenvalue weighted by molar-refractivity contribution is -0.122. The quantitative estimate of drug-likeness (QED) is 0.892. The van der Waals surface area contributed by atoms with Crippen molar-refractivity contribution in [2.24, 2.45) is 0 Å². The van der Waals surface area contributed by atoms with Gasteiger partial charge < -0.3 is 20.3 Å². The van der Waals surface area contributed by atoms with E-state index in [0.717, 1.165) is 17.8 Å². The number of hydrogen-bond acceptors (Lipinski definition) is 4. The summed E-state index contributed by atoms with van der Waals surface area (Å²) in [6.07, 6.45) is 0.381. The normalized spacial score (nSPS) is 19.1. The van der Waals surface area contributed by atoms with Crippen LogP contribution in [0.2, 0.25) is 0 Å². The summed E-state index contributed by atoms with van der Waals surface area (Å²) in [5.74, 6) is 0.490. The number of benzene rings is 2. The number of carbonyl (C=O) groups excluding carboxylic acids is 2. The van der Waals surface area contributed by atoms with E-state index >= 15 is 0 Å². The third-order valence-electron chi connectivity index (χ3n) is 4.82. The van der Waals surface area contributed by atoms with Crippen LogP contribution in [0.15, 0.2) is 42.5 Å². The number of hydrogen-bond donors (Lipinski definition) is 2. The maximum Gasteiger partial charge on any atom is 0.265 e. The van der Waals surface area contributed by atoms with Crippen LogP contribution in [0.4, 0.5) is 17.1 Å². The molecular formula is C20H21N3O3. The number of amides is 2. The van der Waals surface area contributed by atoms with E-state index in [1.54, 1.807) is 19.1 Å². The molecule has 2 amide bonds. The summed E-state index contributed by atoms with van der Waals surface area (Å²) >= 11 is 0. The van der Waals surface area contributed by atoms with E-state index in [1.807, 2.05) is 36.1 Å². The zero-order valence-corrected chi connectivity index (χ0v) is 14.8. The molecule has 2 aliphatic heterocycles. The number of carbonyl (C=O) groups is 2. The Balaban J connectivity index is 1.49. The van der Waals surface area contributed by atoms with E-state index in [0.29, 0.717) is 18.0 Å². The molecule has 2 atom stereocenters. The van der Waals surface area contributed by atoms with Gasteiger partial charge in [-0.3, -0.25) is 9.59 Å². The standard InChI is InChI=1S/C20H21N3O3/c1-12(20(25)23-10-9-14-5-3-4-6-17(14)23)21-15-7-8-18-16(11-15)22-19(24)13(2)26-18/h3-8,11-13,21H,9-10H2,1-2H3,(H,22,24)/t12-,13-/m1/s1. The van der Waals surface area contributed by atoms with Gasteiger partial charge in [-0.1, -0.05) is 18.2 Å². The molecule has 134 valence electrons. The molecule has 0 saturated heterocycles. The van der Waals surface area contributed by atoms with Gasteiger partial charge in [-0.25, -0.2) is 0 Å². The number of nitrogens with one attached hydrogen (secondary N) is 2. The molecule has 6 nitrogen and oxygen atoms in total. The van der Waals surface area contributed by atoms with E-state index in [4.69, 9.17) is 4.74 Å². The molecule has 0 saturated carbocycles. The molecule has 2 N–H and O–H groups in total. The van der Waals surface area contributed by atoms with Gasteiger partial charge in [0.25, 0.3) is 5.91 Å². The topological polar surface area (TPSA) is 70.7 Å². The van der Waals surface area contributed by atoms with E-state index in [2.05, 4.69) is 16.7 Å². The van der Waals surface area contributed by atoms with Gasteiger partial charge in [0.15, 0.2) is 6.10 Å². The minimum Gasteiger partial charge on any atom is -0.479 e. The number of fused-ring (bicyclic) bond motifs is 2. The van der Waals surface area contributed by atoms with Crippen LogP contribution in [-0.4, -0.2) is 30.5 Å². The van der Waals surface area contributed by atoms with Crippen LogP contribution in [0.1, 0.15) is 19.4 Å². The monoisotopic (exact) mass is 351 g/mol. The lowest BCUT2D eigenvalue weighted by Crippen LogP contribution is -2.40. The molecule has 0 fully saturated rings. The molecule has 2 heterocycles. The summed E-state index contributed by atoms with van der Waals surface area (Å²) < 4.78 is 5.56. The molecule has 2 aliphatic rings. The molecule has 0 spiro atoms. The van der Waals surface area contributed by atoms with Crippen molar-refractivity contribution >= 4 is 28.9 Å². The largest absolute Gasteiger partial charge is 0.479 e. The Bertz CT molecular complexity index is 880. The van der Waals surface area contributed by atoms with Crippen molar-refractivity contribution in [2.45, 2.75) is 32.4 Å². The van der Waals surface area contributed by atoms with E-state index in [1.165, 1.54) is 5.56 Å². The van der Waals surface area contributed by atoms with Crippen LogP contribution >= 0.6 is 0 Å². The fourth-order valence-electron chi connectivity index (χ4n) is 3.41. The number of rotatable bonds is 3. The van der Waals surface area contributed by atoms with E-state index in [-0.39, 0.29) is 11.8 Å². The van der Waals surface area contributed by atoms with Gasteiger partial charge in [-0.2, -0.15) is 0 Å². The molecule has 0 radical (unpaired) electrons. The van der Waals surface area contributed by atoms with E-state index < -0.39 is 12.1 Å². The smallest absolute Gasteiger partial charge is 0.265 e. The second-order valence-corrected chi connectivity index (χ2v) is 6.69. The van der Waals surface area contributed by atoms with Crippen LogP contribution in [0, 0.1) is 0 Å². The van der Waals surface area contributed by atoms with Crippen LogP contribution in [0.25, 0.3) is 0 Å². The molecule has 2 aromatic carbocycles. The molecule has 2 aromatic rings. The first-order chi connectivity index (χ1) is 12.5. The molecule has 4 rings (SSSR count). The van der Waals surface area contributed by atoms with Gasteiger partial charge in [-0.15, -0.1) is 0 Å². The molecule has 0 aromatic heterocycles. The van der Waals surface area contributed by atoms with Crippen molar-refractivity contribution in [2.75, 3.05) is 22.1 Å². The summed E-state index contributed by atoms with van der Waals surface area (Å²) in [4.78, 5) is 26.5. The average molecular weight is 351 g/mol. The summed E-state index contributed by atoms with van der Waals surface area (Å²) in [6, 6.07) is 13.1. The van der Waals surface area contributed by atoms with Crippen molar-refractivity contribution in [3.8, 4) is 5.75 Å². The van der Waals surface area contributed by atoms with Gasteiger partial charge in [0.2, 0.25) is 5.91 Å². The highest BCUT2D eigenvalue weighted by atomic mass is 16.5. The van der Waals surface area contributed by atoms with Crippen molar-refractivity contribution in [1.29, 1.82) is 0 Å². The second-order valence-electron chi connectivity index (χ2n) is 6.69. The van der Waals surface area contributed by atoms with Gasteiger partial charge in [0.1, 0.15) is 11.8 Å². The Morgan fingerprint density at radius 2 is 2.12 bits per heavy atom. The highest BCUT2D eigenvalue weighted by Crippen LogP contribution is 2.33. The predicted molar refractivity (Wildman–Crippen MR) is 101 cm³/mol. The average Bonchev–Trinajstić information content (AvgIpc) is 3.06. The lowest BCUT2D eigenvalue weighted by Gasteiger charge is -2.25. The maximum atomic E-state index is 12.9. The highest BCUT2D eigenvalue weighted by Gasteiger charge is 2.28. The van der Waals surface area contributed by atoms with Crippen molar-refractivity contribution in [3.05, 3.63) is 48.0 Å². The summed E-state index contributed by atoms with van der Waals surface area (Å²) in [6.45, 7) is 4.26. The Morgan fingerprint density at radius 3 is 2.96 bits per heavy atom. The third-order valence-corrected chi connectivity index (χ3v) is 4.82. The minimum absolute atomic E-state index is 0.0292. The molecular weight excluding hydrogens is 330 g/mol. The Hall–Kier alpha value is -3.02. The van der Waals surface area contributed by atoms with Crippen molar-refractivity contribution in [1.82, 2.24) is 0 Å². The van der Waals surface area contributed by atoms with Crippen molar-refractivity contribution in [3.63, 3.8) is 0 Å². The van der Waals surface area contributed by atoms with Crippen LogP contribution in [-0.2, 0) is 16.0 Å². The van der Waals surface area contributed by atoms with Crippen molar-refractivity contribution < 1.29 is 14.3 Å². The first-order valence-corrected chi connectivity index (χ1v) is 8.80. The number of para-hydroxylation sites is 1. The summed E-state index contributed by atoms with van der Waals surface area (Å²) in [7, 11) is 0. The Morgan fingerprint density at radius 1 is 1.31 bits per heavy atom. The van der Waals surface area contributed by atoms with E-state index in [9.17, 15) is 9.59 Å². The lowest BCUT2D eigenvalue weighted by atomic mass is 10.1. The molecule has 0 unspecified atom stereocenters. The second kappa shape index (κ2) is 6.37. The SMILES string of the molecule is C[C@@H](Nc1ccc2c(c1)NC(=O)[C@@H](C)O2)C(=O)N1CCc2ccccc21. The van der Waals surface area contributed by atoms with Gasteiger partial charge in [-0.05, 0) is 50.1 Å². The number of ether oxygens (including phenoxy) is 1. The Labute approximate surface area is 152 Å². The first kappa shape index (κ1) is 16.4. The van der Waals surface area contributed by atoms with Gasteiger partial charge >= 0.3 is 0 Å². The Kier molecular flexibility index (Phi) is 4.03. The fraction of sp³-hybridized carbons (Fsp3) is 0.300. The molecule has 0 bridgehead atoms. The third kappa shape index (κ3) is 2.87. The highest BCUT2D eigenvalue weighted by molar-refractivity contribution is 6.01. The molecule has 0 aliphatic carbocycles. The predicted octanol–water partition coefficient (Wildman–Crippen LogP) is 2.80. The summed E-state index contributed by atoms with van der Waals surface area (Å²) in [5.41, 5.74) is 3.57. The van der Waals surface area contributed by atoms with Gasteiger partial charge in [0, 0.05) is 17.9 Å². The molecule has 26 heavy (non-hydrogen) atoms. The van der Waals surface area contributed by atoms with Gasteiger partial charge in [0.05, 0.1) is 5.69 Å². The zero-order chi connectivity index (χ0) is 18.3. The zero-order valence-electron chi connectivity index (χ0n) is 14.8. The fourth-order valence-corrected chi connectivity index (χ4v) is 3.41.